The van der Waals surface area contributed by atoms with Gasteiger partial charge < -0.3 is 10.3 Å². The number of rotatable bonds is 4. The third-order valence-electron chi connectivity index (χ3n) is 4.34. The summed E-state index contributed by atoms with van der Waals surface area (Å²) in [5, 5.41) is 0. The van der Waals surface area contributed by atoms with Crippen LogP contribution in [0.3, 0.4) is 0 Å². The number of benzene rings is 2. The van der Waals surface area contributed by atoms with Gasteiger partial charge in [-0.25, -0.2) is 4.98 Å². The fraction of sp³-hybridized carbons (Fsp3) is 0.263. The molecule has 1 heterocycles. The number of amides is 1. The standard InChI is InChI=1S/C19H21N3O/c1-12(2)14-5-4-6-15(9-14)13(3)22-11-21-17-10-16(19(20)23)7-8-18(17)22/h4-13H,1-3H3,(H2,20,23)/t13-/m0/s1. The van der Waals surface area contributed by atoms with Gasteiger partial charge in [-0.05, 0) is 42.2 Å². The van der Waals surface area contributed by atoms with Crippen LogP contribution in [-0.4, -0.2) is 15.5 Å². The van der Waals surface area contributed by atoms with Gasteiger partial charge in [0.1, 0.15) is 0 Å². The van der Waals surface area contributed by atoms with Gasteiger partial charge in [0.25, 0.3) is 0 Å². The van der Waals surface area contributed by atoms with Crippen molar-refractivity contribution >= 4 is 16.9 Å². The number of carbonyl (C=O) groups excluding carboxylic acids is 1. The predicted octanol–water partition coefficient (Wildman–Crippen LogP) is 3.87. The minimum atomic E-state index is -0.431. The summed E-state index contributed by atoms with van der Waals surface area (Å²) >= 11 is 0. The van der Waals surface area contributed by atoms with Crippen LogP contribution in [0, 0.1) is 0 Å². The lowest BCUT2D eigenvalue weighted by Crippen LogP contribution is -2.10. The lowest BCUT2D eigenvalue weighted by atomic mass is 9.98. The molecule has 1 amide bonds. The Bertz CT molecular complexity index is 864. The first kappa shape index (κ1) is 15.3. The summed E-state index contributed by atoms with van der Waals surface area (Å²) in [5.74, 6) is 0.0685. The van der Waals surface area contributed by atoms with Crippen molar-refractivity contribution in [1.29, 1.82) is 0 Å². The second-order valence-electron chi connectivity index (χ2n) is 6.22. The Morgan fingerprint density at radius 2 is 1.83 bits per heavy atom. The molecule has 4 heteroatoms. The molecule has 2 aromatic carbocycles. The van der Waals surface area contributed by atoms with Gasteiger partial charge in [0.15, 0.2) is 0 Å². The summed E-state index contributed by atoms with van der Waals surface area (Å²) in [4.78, 5) is 15.7. The van der Waals surface area contributed by atoms with E-state index < -0.39 is 5.91 Å². The fourth-order valence-electron chi connectivity index (χ4n) is 2.83. The summed E-state index contributed by atoms with van der Waals surface area (Å²) in [6.07, 6.45) is 1.82. The monoisotopic (exact) mass is 307 g/mol. The Labute approximate surface area is 136 Å². The number of nitrogens with two attached hydrogens (primary N) is 1. The van der Waals surface area contributed by atoms with E-state index in [0.717, 1.165) is 11.0 Å². The molecule has 0 radical (unpaired) electrons. The van der Waals surface area contributed by atoms with Crippen LogP contribution in [-0.2, 0) is 0 Å². The van der Waals surface area contributed by atoms with Crippen molar-refractivity contribution < 1.29 is 4.79 Å². The zero-order chi connectivity index (χ0) is 16.6. The second-order valence-corrected chi connectivity index (χ2v) is 6.22. The maximum absolute atomic E-state index is 11.3. The van der Waals surface area contributed by atoms with Crippen LogP contribution in [0.5, 0.6) is 0 Å². The molecular formula is C19H21N3O. The molecule has 0 aliphatic carbocycles. The van der Waals surface area contributed by atoms with Crippen LogP contribution in [0.15, 0.2) is 48.8 Å². The molecule has 0 unspecified atom stereocenters. The average Bonchev–Trinajstić information content (AvgIpc) is 2.97. The number of carbonyl (C=O) groups is 1. The Hall–Kier alpha value is -2.62. The largest absolute Gasteiger partial charge is 0.366 e. The second kappa shape index (κ2) is 5.88. The fourth-order valence-corrected chi connectivity index (χ4v) is 2.83. The third kappa shape index (κ3) is 2.84. The molecule has 4 nitrogen and oxygen atoms in total. The minimum Gasteiger partial charge on any atom is -0.366 e. The van der Waals surface area contributed by atoms with Gasteiger partial charge in [-0.2, -0.15) is 0 Å². The molecule has 1 atom stereocenters. The van der Waals surface area contributed by atoms with Gasteiger partial charge in [-0.1, -0.05) is 38.1 Å². The van der Waals surface area contributed by atoms with Crippen LogP contribution in [0.1, 0.15) is 54.2 Å². The van der Waals surface area contributed by atoms with Gasteiger partial charge in [0.05, 0.1) is 23.4 Å². The molecule has 2 N–H and O–H groups in total. The maximum atomic E-state index is 11.3. The zero-order valence-corrected chi connectivity index (χ0v) is 13.7. The van der Waals surface area contributed by atoms with Crippen molar-refractivity contribution in [3.8, 4) is 0 Å². The normalized spacial score (nSPS) is 12.7. The maximum Gasteiger partial charge on any atom is 0.248 e. The number of primary amides is 1. The van der Waals surface area contributed by atoms with Crippen molar-refractivity contribution in [2.45, 2.75) is 32.7 Å². The summed E-state index contributed by atoms with van der Waals surface area (Å²) in [6.45, 7) is 6.55. The highest BCUT2D eigenvalue weighted by molar-refractivity contribution is 5.96. The van der Waals surface area contributed by atoms with E-state index in [-0.39, 0.29) is 6.04 Å². The number of imidazole rings is 1. The lowest BCUT2D eigenvalue weighted by Gasteiger charge is -2.17. The molecule has 118 valence electrons. The highest BCUT2D eigenvalue weighted by Crippen LogP contribution is 2.26. The summed E-state index contributed by atoms with van der Waals surface area (Å²) in [6, 6.07) is 14.2. The Morgan fingerprint density at radius 1 is 1.09 bits per heavy atom. The molecule has 3 aromatic rings. The van der Waals surface area contributed by atoms with Crippen molar-refractivity contribution in [1.82, 2.24) is 9.55 Å². The molecule has 23 heavy (non-hydrogen) atoms. The molecule has 0 saturated carbocycles. The Balaban J connectivity index is 2.02. The molecule has 3 rings (SSSR count). The molecule has 0 spiro atoms. The summed E-state index contributed by atoms with van der Waals surface area (Å²) in [5.41, 5.74) is 10.2. The van der Waals surface area contributed by atoms with Crippen molar-refractivity contribution in [3.05, 3.63) is 65.5 Å². The van der Waals surface area contributed by atoms with Crippen molar-refractivity contribution in [3.63, 3.8) is 0 Å². The highest BCUT2D eigenvalue weighted by Gasteiger charge is 2.13. The number of aromatic nitrogens is 2. The van der Waals surface area contributed by atoms with E-state index in [9.17, 15) is 4.79 Å². The van der Waals surface area contributed by atoms with Gasteiger partial charge in [0, 0.05) is 5.56 Å². The zero-order valence-electron chi connectivity index (χ0n) is 13.7. The molecule has 0 aliphatic rings. The molecular weight excluding hydrogens is 286 g/mol. The number of nitrogens with zero attached hydrogens (tertiary/aromatic N) is 2. The number of fused-ring (bicyclic) bond motifs is 1. The minimum absolute atomic E-state index is 0.165. The van der Waals surface area contributed by atoms with Gasteiger partial charge in [-0.3, -0.25) is 4.79 Å². The van der Waals surface area contributed by atoms with Crippen LogP contribution in [0.25, 0.3) is 11.0 Å². The summed E-state index contributed by atoms with van der Waals surface area (Å²) in [7, 11) is 0. The Morgan fingerprint density at radius 3 is 2.52 bits per heavy atom. The van der Waals surface area contributed by atoms with Gasteiger partial charge >= 0.3 is 0 Å². The first-order valence-electron chi connectivity index (χ1n) is 7.83. The van der Waals surface area contributed by atoms with Gasteiger partial charge in [0.2, 0.25) is 5.91 Å². The first-order chi connectivity index (χ1) is 11.0. The number of hydrogen-bond acceptors (Lipinski definition) is 2. The van der Waals surface area contributed by atoms with E-state index in [1.54, 1.807) is 12.1 Å². The van der Waals surface area contributed by atoms with E-state index in [4.69, 9.17) is 5.73 Å². The van der Waals surface area contributed by atoms with Crippen LogP contribution >= 0.6 is 0 Å². The predicted molar refractivity (Wildman–Crippen MR) is 92.6 cm³/mol. The quantitative estimate of drug-likeness (QED) is 0.795. The van der Waals surface area contributed by atoms with Crippen LogP contribution in [0.4, 0.5) is 0 Å². The van der Waals surface area contributed by atoms with E-state index in [2.05, 4.69) is 54.6 Å². The molecule has 1 aromatic heterocycles. The van der Waals surface area contributed by atoms with Crippen LogP contribution in [0.2, 0.25) is 0 Å². The molecule has 0 aliphatic heterocycles. The van der Waals surface area contributed by atoms with E-state index in [1.165, 1.54) is 11.1 Å². The van der Waals surface area contributed by atoms with Crippen molar-refractivity contribution in [2.75, 3.05) is 0 Å². The topological polar surface area (TPSA) is 60.9 Å². The highest BCUT2D eigenvalue weighted by atomic mass is 16.1. The lowest BCUT2D eigenvalue weighted by molar-refractivity contribution is 0.100. The third-order valence-corrected chi connectivity index (χ3v) is 4.34. The van der Waals surface area contributed by atoms with E-state index >= 15 is 0 Å². The first-order valence-corrected chi connectivity index (χ1v) is 7.83. The molecule has 0 saturated heterocycles. The SMILES string of the molecule is CC(C)c1cccc([C@H](C)n2cnc3cc(C(N)=O)ccc32)c1. The summed E-state index contributed by atoms with van der Waals surface area (Å²) < 4.78 is 2.12. The van der Waals surface area contributed by atoms with E-state index in [1.807, 2.05) is 12.4 Å². The smallest absolute Gasteiger partial charge is 0.248 e. The van der Waals surface area contributed by atoms with Crippen LogP contribution < -0.4 is 5.73 Å². The molecule has 0 bridgehead atoms. The molecule has 0 fully saturated rings. The number of hydrogen-bond donors (Lipinski definition) is 1. The van der Waals surface area contributed by atoms with Gasteiger partial charge in [-0.15, -0.1) is 0 Å². The van der Waals surface area contributed by atoms with Crippen molar-refractivity contribution in [2.24, 2.45) is 5.73 Å². The Kier molecular flexibility index (Phi) is 3.90. The van der Waals surface area contributed by atoms with E-state index in [0.29, 0.717) is 11.5 Å². The average molecular weight is 307 g/mol.